The lowest BCUT2D eigenvalue weighted by Crippen LogP contribution is -2.11. The predicted molar refractivity (Wildman–Crippen MR) is 137 cm³/mol. The lowest BCUT2D eigenvalue weighted by molar-refractivity contribution is -0.139. The molecule has 7 nitrogen and oxygen atoms in total. The highest BCUT2D eigenvalue weighted by atomic mass is 16.5. The Hall–Kier alpha value is -3.48. The largest absolute Gasteiger partial charge is 0.494 e. The molecule has 35 heavy (non-hydrogen) atoms. The molecule has 2 rings (SSSR count). The second kappa shape index (κ2) is 15.4. The zero-order chi connectivity index (χ0) is 25.5. The van der Waals surface area contributed by atoms with Crippen LogP contribution in [0.4, 0.5) is 11.4 Å². The number of esters is 2. The van der Waals surface area contributed by atoms with E-state index < -0.39 is 0 Å². The van der Waals surface area contributed by atoms with Gasteiger partial charge in [-0.25, -0.2) is 9.59 Å². The Bertz CT molecular complexity index is 968. The molecule has 0 amide bonds. The lowest BCUT2D eigenvalue weighted by Gasteiger charge is -2.09. The molecule has 1 atom stereocenters. The minimum absolute atomic E-state index is 0.325. The molecule has 0 aliphatic rings. The van der Waals surface area contributed by atoms with Crippen molar-refractivity contribution in [1.29, 1.82) is 0 Å². The molecule has 0 unspecified atom stereocenters. The zero-order valence-electron chi connectivity index (χ0n) is 21.0. The monoisotopic (exact) mass is 480 g/mol. The molecule has 0 fully saturated rings. The number of unbranched alkanes of at least 4 members (excludes halogenated alkanes) is 3. The van der Waals surface area contributed by atoms with Crippen molar-refractivity contribution in [2.45, 2.75) is 52.9 Å². The van der Waals surface area contributed by atoms with Gasteiger partial charge in [0.05, 0.1) is 36.8 Å². The summed E-state index contributed by atoms with van der Waals surface area (Å²) in [6.07, 6.45) is 4.72. The summed E-state index contributed by atoms with van der Waals surface area (Å²) in [5.41, 5.74) is 2.29. The van der Waals surface area contributed by atoms with Gasteiger partial charge in [-0.05, 0) is 87.1 Å². The van der Waals surface area contributed by atoms with Crippen LogP contribution in [0.2, 0.25) is 0 Å². The van der Waals surface area contributed by atoms with Crippen LogP contribution in [0.5, 0.6) is 5.75 Å². The second-order valence-corrected chi connectivity index (χ2v) is 8.53. The summed E-state index contributed by atoms with van der Waals surface area (Å²) in [6.45, 7) is 10.8. The van der Waals surface area contributed by atoms with Crippen molar-refractivity contribution in [2.24, 2.45) is 16.1 Å². The van der Waals surface area contributed by atoms with E-state index in [2.05, 4.69) is 23.7 Å². The van der Waals surface area contributed by atoms with Gasteiger partial charge in [-0.15, -0.1) is 0 Å². The number of hydrogen-bond acceptors (Lipinski definition) is 7. The molecule has 0 aromatic heterocycles. The van der Waals surface area contributed by atoms with Crippen molar-refractivity contribution < 1.29 is 23.8 Å². The summed E-state index contributed by atoms with van der Waals surface area (Å²) in [5, 5.41) is 8.46. The Morgan fingerprint density at radius 3 is 2.00 bits per heavy atom. The van der Waals surface area contributed by atoms with Crippen LogP contribution in [-0.4, -0.2) is 31.8 Å². The maximum Gasteiger partial charge on any atom is 0.338 e. The summed E-state index contributed by atoms with van der Waals surface area (Å²) in [4.78, 5) is 23.4. The summed E-state index contributed by atoms with van der Waals surface area (Å²) < 4.78 is 16.1. The van der Waals surface area contributed by atoms with Crippen LogP contribution < -0.4 is 4.74 Å². The van der Waals surface area contributed by atoms with Crippen LogP contribution in [0.25, 0.3) is 0 Å². The van der Waals surface area contributed by atoms with Gasteiger partial charge >= 0.3 is 11.9 Å². The first-order valence-corrected chi connectivity index (χ1v) is 12.1. The number of ether oxygens (including phenoxy) is 3. The van der Waals surface area contributed by atoms with Gasteiger partial charge in [-0.1, -0.05) is 26.8 Å². The number of hydrogen-bond donors (Lipinski definition) is 0. The van der Waals surface area contributed by atoms with Crippen LogP contribution in [0.15, 0.2) is 70.9 Å². The number of carbonyl (C=O) groups excluding carboxylic acids is 2. The smallest absolute Gasteiger partial charge is 0.338 e. The molecule has 0 N–H and O–H groups in total. The number of rotatable bonds is 15. The third kappa shape index (κ3) is 11.0. The maximum absolute atomic E-state index is 12.1. The fraction of sp³-hybridized carbons (Fsp3) is 0.429. The van der Waals surface area contributed by atoms with Crippen molar-refractivity contribution >= 4 is 23.3 Å². The average molecular weight is 481 g/mol. The van der Waals surface area contributed by atoms with Crippen molar-refractivity contribution in [3.8, 4) is 5.75 Å². The predicted octanol–water partition coefficient (Wildman–Crippen LogP) is 7.36. The van der Waals surface area contributed by atoms with Gasteiger partial charge in [-0.3, -0.25) is 0 Å². The second-order valence-electron chi connectivity index (χ2n) is 8.53. The third-order valence-corrected chi connectivity index (χ3v) is 5.31. The fourth-order valence-electron chi connectivity index (χ4n) is 2.84. The molecule has 0 bridgehead atoms. The Morgan fingerprint density at radius 2 is 1.43 bits per heavy atom. The average Bonchev–Trinajstić information content (AvgIpc) is 2.88. The third-order valence-electron chi connectivity index (χ3n) is 5.31. The van der Waals surface area contributed by atoms with E-state index in [-0.39, 0.29) is 11.9 Å². The van der Waals surface area contributed by atoms with Gasteiger partial charge < -0.3 is 14.2 Å². The Morgan fingerprint density at radius 1 is 0.857 bits per heavy atom. The van der Waals surface area contributed by atoms with E-state index in [1.165, 1.54) is 0 Å². The first-order valence-electron chi connectivity index (χ1n) is 12.1. The first-order chi connectivity index (χ1) is 16.9. The number of carbonyl (C=O) groups is 2. The minimum Gasteiger partial charge on any atom is -0.494 e. The van der Waals surface area contributed by atoms with Crippen LogP contribution >= 0.6 is 0 Å². The molecule has 2 aromatic carbocycles. The summed E-state index contributed by atoms with van der Waals surface area (Å²) >= 11 is 0. The highest BCUT2D eigenvalue weighted by Crippen LogP contribution is 2.22. The van der Waals surface area contributed by atoms with Crippen molar-refractivity contribution in [3.63, 3.8) is 0 Å². The van der Waals surface area contributed by atoms with Crippen LogP contribution in [0.3, 0.4) is 0 Å². The van der Waals surface area contributed by atoms with E-state index in [9.17, 15) is 9.59 Å². The van der Waals surface area contributed by atoms with Gasteiger partial charge in [0, 0.05) is 5.57 Å². The van der Waals surface area contributed by atoms with Crippen molar-refractivity contribution in [3.05, 3.63) is 66.2 Å². The Labute approximate surface area is 208 Å². The van der Waals surface area contributed by atoms with Crippen molar-refractivity contribution in [1.82, 2.24) is 0 Å². The van der Waals surface area contributed by atoms with Crippen LogP contribution in [0, 0.1) is 5.92 Å². The van der Waals surface area contributed by atoms with E-state index >= 15 is 0 Å². The van der Waals surface area contributed by atoms with E-state index in [1.807, 2.05) is 31.2 Å². The molecule has 7 heteroatoms. The topological polar surface area (TPSA) is 86.5 Å². The molecule has 2 aromatic rings. The van der Waals surface area contributed by atoms with Crippen LogP contribution in [-0.2, 0) is 14.3 Å². The number of nitrogens with zero attached hydrogens (tertiary/aromatic N) is 2. The molecule has 0 radical (unpaired) electrons. The van der Waals surface area contributed by atoms with Crippen molar-refractivity contribution in [2.75, 3.05) is 19.8 Å². The van der Waals surface area contributed by atoms with Gasteiger partial charge in [0.2, 0.25) is 0 Å². The highest BCUT2D eigenvalue weighted by molar-refractivity contribution is 5.89. The highest BCUT2D eigenvalue weighted by Gasteiger charge is 2.09. The molecule has 0 saturated carbocycles. The number of benzene rings is 2. The van der Waals surface area contributed by atoms with E-state index in [0.29, 0.717) is 48.2 Å². The molecule has 188 valence electrons. The molecule has 0 aliphatic carbocycles. The standard InChI is InChI=1S/C28H36N2O5/c1-5-22(4)20-35-28(32)23-10-12-24(13-11-23)29-30-25-14-16-26(17-15-25)33-18-8-6-7-9-19-34-27(31)21(2)3/h10-17,22H,2,5-9,18-20H2,1,3-4H3/t22-/m0/s1. The van der Waals surface area contributed by atoms with Crippen LogP contribution in [0.1, 0.15) is 63.2 Å². The lowest BCUT2D eigenvalue weighted by atomic mass is 10.1. The zero-order valence-corrected chi connectivity index (χ0v) is 21.0. The van der Waals surface area contributed by atoms with Gasteiger partial charge in [0.1, 0.15) is 5.75 Å². The molecule has 0 spiro atoms. The summed E-state index contributed by atoms with van der Waals surface area (Å²) in [6, 6.07) is 14.3. The van der Waals surface area contributed by atoms with E-state index in [1.54, 1.807) is 31.2 Å². The molecule has 0 heterocycles. The first kappa shape index (κ1) is 27.8. The molecular weight excluding hydrogens is 444 g/mol. The molecular formula is C28H36N2O5. The number of azo groups is 1. The fourth-order valence-corrected chi connectivity index (χ4v) is 2.84. The molecule has 0 aliphatic heterocycles. The quantitative estimate of drug-likeness (QED) is 0.115. The minimum atomic E-state index is -0.330. The summed E-state index contributed by atoms with van der Waals surface area (Å²) in [5.74, 6) is 0.469. The molecule has 0 saturated heterocycles. The van der Waals surface area contributed by atoms with Gasteiger partial charge in [-0.2, -0.15) is 10.2 Å². The van der Waals surface area contributed by atoms with Gasteiger partial charge in [0.15, 0.2) is 0 Å². The SMILES string of the molecule is C=C(C)C(=O)OCCCCCCOc1ccc(N=Nc2ccc(C(=O)OC[C@@H](C)CC)cc2)cc1. The van der Waals surface area contributed by atoms with E-state index in [4.69, 9.17) is 14.2 Å². The summed E-state index contributed by atoms with van der Waals surface area (Å²) in [7, 11) is 0. The van der Waals surface area contributed by atoms with E-state index in [0.717, 1.165) is 37.9 Å². The maximum atomic E-state index is 12.1. The van der Waals surface area contributed by atoms with Gasteiger partial charge in [0.25, 0.3) is 0 Å². The normalized spacial score (nSPS) is 11.7. The Balaban J connectivity index is 1.67. The Kier molecular flexibility index (Phi) is 12.2.